The maximum Gasteiger partial charge on any atom is 0.338 e. The monoisotopic (exact) mass is 426 g/mol. The molecule has 31 heavy (non-hydrogen) atoms. The Hall–Kier alpha value is -3.95. The molecule has 0 bridgehead atoms. The van der Waals surface area contributed by atoms with Crippen LogP contribution < -0.4 is 11.1 Å². The van der Waals surface area contributed by atoms with Crippen LogP contribution in [-0.2, 0) is 14.3 Å². The second-order valence-electron chi connectivity index (χ2n) is 7.11. The van der Waals surface area contributed by atoms with E-state index in [2.05, 4.69) is 5.32 Å². The van der Waals surface area contributed by atoms with Gasteiger partial charge < -0.3 is 20.7 Å². The lowest BCUT2D eigenvalue weighted by molar-refractivity contribution is -0.383. The summed E-state index contributed by atoms with van der Waals surface area (Å²) in [6.07, 6.45) is 0.939. The summed E-state index contributed by atoms with van der Waals surface area (Å²) < 4.78 is 5.05. The highest BCUT2D eigenvalue weighted by molar-refractivity contribution is 5.93. The lowest BCUT2D eigenvalue weighted by atomic mass is 9.96. The van der Waals surface area contributed by atoms with E-state index in [0.29, 0.717) is 31.6 Å². The minimum Gasteiger partial charge on any atom is -0.452 e. The zero-order valence-electron chi connectivity index (χ0n) is 16.7. The number of carbonyl (C=O) groups is 3. The summed E-state index contributed by atoms with van der Waals surface area (Å²) in [4.78, 5) is 48.1. The van der Waals surface area contributed by atoms with Crippen molar-refractivity contribution >= 4 is 34.8 Å². The number of ether oxygens (including phenoxy) is 1. The number of hydrogen-bond donors (Lipinski definition) is 2. The Balaban J connectivity index is 1.61. The van der Waals surface area contributed by atoms with Gasteiger partial charge in [-0.15, -0.1) is 0 Å². The highest BCUT2D eigenvalue weighted by Gasteiger charge is 2.26. The molecule has 162 valence electrons. The van der Waals surface area contributed by atoms with Crippen molar-refractivity contribution in [1.29, 1.82) is 0 Å². The number of benzene rings is 2. The number of rotatable bonds is 7. The highest BCUT2D eigenvalue weighted by atomic mass is 16.6. The van der Waals surface area contributed by atoms with Gasteiger partial charge in [-0.05, 0) is 37.1 Å². The van der Waals surface area contributed by atoms with Gasteiger partial charge in [0.15, 0.2) is 6.61 Å². The second-order valence-corrected chi connectivity index (χ2v) is 7.11. The van der Waals surface area contributed by atoms with E-state index in [0.717, 1.165) is 6.07 Å². The van der Waals surface area contributed by atoms with Crippen LogP contribution in [0.1, 0.15) is 23.2 Å². The summed E-state index contributed by atoms with van der Waals surface area (Å²) in [5, 5.41) is 14.4. The normalized spacial score (nSPS) is 14.0. The zero-order valence-corrected chi connectivity index (χ0v) is 16.7. The number of esters is 1. The summed E-state index contributed by atoms with van der Waals surface area (Å²) in [5.74, 6) is -1.87. The van der Waals surface area contributed by atoms with Crippen LogP contribution in [-0.4, -0.2) is 47.3 Å². The van der Waals surface area contributed by atoms with Gasteiger partial charge in [0.2, 0.25) is 5.91 Å². The average Bonchev–Trinajstić information content (AvgIpc) is 2.78. The molecule has 10 nitrogen and oxygen atoms in total. The van der Waals surface area contributed by atoms with Crippen molar-refractivity contribution in [3.63, 3.8) is 0 Å². The first-order valence-corrected chi connectivity index (χ1v) is 9.70. The van der Waals surface area contributed by atoms with E-state index in [1.54, 1.807) is 24.3 Å². The fraction of sp³-hybridized carbons (Fsp3) is 0.286. The lowest BCUT2D eigenvalue weighted by Crippen LogP contribution is -2.43. The zero-order chi connectivity index (χ0) is 22.4. The van der Waals surface area contributed by atoms with E-state index >= 15 is 0 Å². The first kappa shape index (κ1) is 21.8. The minimum absolute atomic E-state index is 0.0365. The first-order chi connectivity index (χ1) is 14.8. The molecule has 3 N–H and O–H groups in total. The third-order valence-electron chi connectivity index (χ3n) is 5.06. The van der Waals surface area contributed by atoms with Crippen LogP contribution in [0.15, 0.2) is 48.5 Å². The Morgan fingerprint density at radius 1 is 1.13 bits per heavy atom. The molecule has 1 saturated heterocycles. The number of anilines is 2. The topological polar surface area (TPSA) is 145 Å². The van der Waals surface area contributed by atoms with E-state index in [9.17, 15) is 24.5 Å². The van der Waals surface area contributed by atoms with Crippen LogP contribution in [0, 0.1) is 16.0 Å². The van der Waals surface area contributed by atoms with Gasteiger partial charge in [-0.25, -0.2) is 4.79 Å². The Kier molecular flexibility index (Phi) is 6.81. The van der Waals surface area contributed by atoms with E-state index in [4.69, 9.17) is 10.5 Å². The molecule has 0 atom stereocenters. The van der Waals surface area contributed by atoms with Crippen molar-refractivity contribution in [2.24, 2.45) is 11.7 Å². The number of piperidine rings is 1. The summed E-state index contributed by atoms with van der Waals surface area (Å²) >= 11 is 0. The number of carbonyl (C=O) groups excluding carboxylic acids is 3. The molecule has 0 unspecified atom stereocenters. The van der Waals surface area contributed by atoms with Crippen molar-refractivity contribution in [2.75, 3.05) is 25.0 Å². The van der Waals surface area contributed by atoms with Crippen molar-refractivity contribution in [1.82, 2.24) is 4.90 Å². The molecular weight excluding hydrogens is 404 g/mol. The number of para-hydroxylation sites is 1. The third kappa shape index (κ3) is 5.56. The molecular formula is C21H22N4O6. The molecule has 0 aliphatic carbocycles. The Morgan fingerprint density at radius 3 is 2.42 bits per heavy atom. The van der Waals surface area contributed by atoms with Crippen LogP contribution in [0.25, 0.3) is 0 Å². The second kappa shape index (κ2) is 9.70. The number of nitrogens with one attached hydrogen (secondary N) is 1. The molecule has 0 aromatic heterocycles. The number of nitro groups is 1. The van der Waals surface area contributed by atoms with Gasteiger partial charge in [0, 0.05) is 30.8 Å². The molecule has 2 amide bonds. The van der Waals surface area contributed by atoms with Gasteiger partial charge in [-0.1, -0.05) is 18.2 Å². The lowest BCUT2D eigenvalue weighted by Gasteiger charge is -2.30. The molecule has 10 heteroatoms. The molecule has 1 fully saturated rings. The number of primary amides is 1. The Bertz CT molecular complexity index is 987. The molecule has 1 heterocycles. The molecule has 2 aromatic carbocycles. The number of likely N-dealkylation sites (tertiary alicyclic amines) is 1. The van der Waals surface area contributed by atoms with E-state index in [1.165, 1.54) is 17.0 Å². The third-order valence-corrected chi connectivity index (χ3v) is 5.06. The molecule has 0 spiro atoms. The molecule has 0 saturated carbocycles. The van der Waals surface area contributed by atoms with Crippen LogP contribution in [0.4, 0.5) is 17.1 Å². The SMILES string of the molecule is NC(=O)C1CCN(C(=O)COC(=O)c2ccc(Nc3ccccc3)c([N+](=O)[O-])c2)CC1. The predicted octanol–water partition coefficient (Wildman–Crippen LogP) is 2.22. The first-order valence-electron chi connectivity index (χ1n) is 9.70. The van der Waals surface area contributed by atoms with Gasteiger partial charge in [-0.3, -0.25) is 19.7 Å². The van der Waals surface area contributed by atoms with Gasteiger partial charge in [0.25, 0.3) is 11.6 Å². The summed E-state index contributed by atoms with van der Waals surface area (Å²) in [5.41, 5.74) is 5.83. The van der Waals surface area contributed by atoms with Gasteiger partial charge >= 0.3 is 5.97 Å². The van der Waals surface area contributed by atoms with Gasteiger partial charge in [-0.2, -0.15) is 0 Å². The van der Waals surface area contributed by atoms with Crippen molar-refractivity contribution < 1.29 is 24.0 Å². The smallest absolute Gasteiger partial charge is 0.338 e. The molecule has 0 radical (unpaired) electrons. The summed E-state index contributed by atoms with van der Waals surface area (Å²) in [7, 11) is 0. The predicted molar refractivity (Wildman–Crippen MR) is 112 cm³/mol. The Labute approximate surface area is 178 Å². The highest BCUT2D eigenvalue weighted by Crippen LogP contribution is 2.29. The average molecular weight is 426 g/mol. The van der Waals surface area contributed by atoms with Gasteiger partial charge in [0.1, 0.15) is 5.69 Å². The number of nitro benzene ring substituents is 1. The Morgan fingerprint density at radius 2 is 1.81 bits per heavy atom. The van der Waals surface area contributed by atoms with E-state index in [-0.39, 0.29) is 28.8 Å². The summed E-state index contributed by atoms with van der Waals surface area (Å²) in [6, 6.07) is 12.8. The number of amides is 2. The van der Waals surface area contributed by atoms with Crippen molar-refractivity contribution in [2.45, 2.75) is 12.8 Å². The van der Waals surface area contributed by atoms with Crippen LogP contribution in [0.3, 0.4) is 0 Å². The minimum atomic E-state index is -0.838. The number of nitrogens with zero attached hydrogens (tertiary/aromatic N) is 2. The van der Waals surface area contributed by atoms with Crippen LogP contribution >= 0.6 is 0 Å². The fourth-order valence-corrected chi connectivity index (χ4v) is 3.31. The van der Waals surface area contributed by atoms with Crippen LogP contribution in [0.5, 0.6) is 0 Å². The summed E-state index contributed by atoms with van der Waals surface area (Å²) in [6.45, 7) is 0.225. The molecule has 3 rings (SSSR count). The van der Waals surface area contributed by atoms with Crippen LogP contribution in [0.2, 0.25) is 0 Å². The molecule has 2 aromatic rings. The fourth-order valence-electron chi connectivity index (χ4n) is 3.31. The van der Waals surface area contributed by atoms with E-state index < -0.39 is 23.4 Å². The largest absolute Gasteiger partial charge is 0.452 e. The van der Waals surface area contributed by atoms with E-state index in [1.807, 2.05) is 6.07 Å². The molecule has 1 aliphatic heterocycles. The standard InChI is InChI=1S/C21H22N4O6/c22-20(27)14-8-10-24(11-9-14)19(26)13-31-21(28)15-6-7-17(18(12-15)25(29)30)23-16-4-2-1-3-5-16/h1-7,12,14,23H,8-11,13H2,(H2,22,27). The molecule has 1 aliphatic rings. The number of nitrogens with two attached hydrogens (primary N) is 1. The maximum atomic E-state index is 12.3. The van der Waals surface area contributed by atoms with Crippen molar-refractivity contribution in [3.8, 4) is 0 Å². The quantitative estimate of drug-likeness (QED) is 0.392. The van der Waals surface area contributed by atoms with Gasteiger partial charge in [0.05, 0.1) is 10.5 Å². The maximum absolute atomic E-state index is 12.3. The number of hydrogen-bond acceptors (Lipinski definition) is 7. The van der Waals surface area contributed by atoms with Crippen molar-refractivity contribution in [3.05, 3.63) is 64.2 Å².